The first kappa shape index (κ1) is 44.1. The van der Waals surface area contributed by atoms with E-state index in [1.165, 1.54) is 41.9 Å². The Kier molecular flexibility index (Phi) is 30.5. The number of aryl methyl sites for hydroxylation is 4. The summed E-state index contributed by atoms with van der Waals surface area (Å²) in [6, 6.07) is 16.2. The van der Waals surface area contributed by atoms with Crippen LogP contribution in [-0.4, -0.2) is 19.9 Å². The van der Waals surface area contributed by atoms with Crippen LogP contribution >= 0.6 is 0 Å². The third kappa shape index (κ3) is 22.0. The first-order valence-electron chi connectivity index (χ1n) is 10.8. The first-order chi connectivity index (χ1) is 19.2. The van der Waals surface area contributed by atoms with Gasteiger partial charge in [-0.2, -0.15) is 0 Å². The van der Waals surface area contributed by atoms with E-state index in [0.717, 1.165) is 22.8 Å². The first-order valence-corrected chi connectivity index (χ1v) is 10.8. The molecule has 0 saturated carbocycles. The number of aromatic nitrogens is 4. The number of pyridine rings is 4. The Morgan fingerprint density at radius 2 is 0.500 bits per heavy atom. The minimum absolute atomic E-state index is 0. The average Bonchev–Trinajstić information content (AvgIpc) is 2.93. The molecular weight excluding hydrogens is 643 g/mol. The normalized spacial score (nSPS) is 7.52. The van der Waals surface area contributed by atoms with Crippen molar-refractivity contribution in [1.29, 1.82) is 0 Å². The molecule has 0 bridgehead atoms. The Labute approximate surface area is 267 Å². The minimum atomic E-state index is 0. The third-order valence-electron chi connectivity index (χ3n) is 4.17. The van der Waals surface area contributed by atoms with Gasteiger partial charge in [-0.1, -0.05) is 24.3 Å². The molecule has 0 radical (unpaired) electrons. The fourth-order valence-corrected chi connectivity index (χ4v) is 2.48. The van der Waals surface area contributed by atoms with Gasteiger partial charge in [0.15, 0.2) is 0 Å². The summed E-state index contributed by atoms with van der Waals surface area (Å²) in [4.78, 5) is 23.3. The van der Waals surface area contributed by atoms with E-state index in [4.69, 9.17) is 44.2 Å². The van der Waals surface area contributed by atoms with Gasteiger partial charge in [-0.15, -0.1) is 0 Å². The molecule has 0 N–H and O–H groups in total. The van der Waals surface area contributed by atoms with E-state index in [1.807, 2.05) is 101 Å². The summed E-state index contributed by atoms with van der Waals surface area (Å²) in [6.07, 6.45) is 7.43. The minimum Gasteiger partial charge on any atom is -0.373 e. The van der Waals surface area contributed by atoms with Crippen LogP contribution in [0.15, 0.2) is 73.3 Å². The summed E-state index contributed by atoms with van der Waals surface area (Å²) in [5, 5.41) is 0. The molecule has 0 atom stereocenters. The second-order valence-electron chi connectivity index (χ2n) is 7.24. The van der Waals surface area contributed by atoms with E-state index in [2.05, 4.69) is 19.9 Å². The van der Waals surface area contributed by atoms with Crippen molar-refractivity contribution in [3.05, 3.63) is 159 Å². The van der Waals surface area contributed by atoms with Gasteiger partial charge in [-0.3, -0.25) is 39.6 Å². The smallest absolute Gasteiger partial charge is 0.373 e. The second-order valence-corrected chi connectivity index (χ2v) is 7.24. The van der Waals surface area contributed by atoms with E-state index in [9.17, 15) is 0 Å². The fourth-order valence-electron chi connectivity index (χ4n) is 2.48. The molecule has 0 unspecified atom stereocenters. The van der Waals surface area contributed by atoms with Crippen molar-refractivity contribution in [2.24, 2.45) is 0 Å². The Morgan fingerprint density at radius 1 is 0.357 bits per heavy atom. The van der Waals surface area contributed by atoms with Crippen LogP contribution in [-0.2, 0) is 39.0 Å². The summed E-state index contributed by atoms with van der Waals surface area (Å²) >= 11 is 0. The predicted molar refractivity (Wildman–Crippen MR) is 154 cm³/mol. The fraction of sp³-hybridized carbons (Fsp3) is 0.167. The zero-order valence-electron chi connectivity index (χ0n) is 23.5. The van der Waals surface area contributed by atoms with E-state index in [1.54, 1.807) is 0 Å². The van der Waals surface area contributed by atoms with Crippen molar-refractivity contribution in [3.63, 3.8) is 0 Å². The maximum Gasteiger partial charge on any atom is 2.00 e. The van der Waals surface area contributed by atoms with Crippen LogP contribution < -0.4 is 0 Å². The summed E-state index contributed by atoms with van der Waals surface area (Å²) < 4.78 is 0. The molecule has 4 aromatic heterocycles. The molecule has 0 fully saturated rings. The predicted octanol–water partition coefficient (Wildman–Crippen LogP) is 8.98. The van der Waals surface area contributed by atoms with Crippen molar-refractivity contribution >= 4 is 0 Å². The Hall–Kier alpha value is -4.91. The van der Waals surface area contributed by atoms with Crippen LogP contribution in [0.2, 0.25) is 0 Å². The molecule has 0 aromatic carbocycles. The van der Waals surface area contributed by atoms with Crippen molar-refractivity contribution in [2.45, 2.75) is 27.7 Å². The van der Waals surface area contributed by atoms with Gasteiger partial charge in [-0.05, 0) is 74.2 Å². The van der Waals surface area contributed by atoms with E-state index >= 15 is 0 Å². The average molecular weight is 667 g/mol. The number of hydrogen-bond acceptors (Lipinski definition) is 4. The quantitative estimate of drug-likeness (QED) is 0.0874. The molecule has 0 aliphatic carbocycles. The molecule has 204 valence electrons. The van der Waals surface area contributed by atoms with Gasteiger partial charge in [0, 0.05) is 24.8 Å². The van der Waals surface area contributed by atoms with Crippen LogP contribution in [0.4, 0.5) is 0 Å². The molecule has 4 aromatic rings. The summed E-state index contributed by atoms with van der Waals surface area (Å²) in [5.41, 5.74) is 62.4. The molecule has 0 aliphatic rings. The van der Waals surface area contributed by atoms with Crippen molar-refractivity contribution in [2.75, 3.05) is 0 Å². The van der Waals surface area contributed by atoms with Crippen molar-refractivity contribution in [3.8, 4) is 22.8 Å². The molecule has 0 saturated heterocycles. The van der Waals surface area contributed by atoms with Crippen molar-refractivity contribution in [1.82, 2.24) is 19.9 Å². The van der Waals surface area contributed by atoms with Gasteiger partial charge >= 0.3 is 39.0 Å². The Bertz CT molecular complexity index is 1160. The Balaban J connectivity index is -0.000000243. The van der Waals surface area contributed by atoms with E-state index < -0.39 is 0 Å². The van der Waals surface area contributed by atoms with Crippen LogP contribution in [0.5, 0.6) is 0 Å². The van der Waals surface area contributed by atoms with Crippen LogP contribution in [0.3, 0.4) is 0 Å². The molecule has 0 spiro atoms. The van der Waals surface area contributed by atoms with E-state index in [0.29, 0.717) is 0 Å². The number of nitrogens with zero attached hydrogens (tertiary/aromatic N) is 16. The molecule has 0 amide bonds. The second kappa shape index (κ2) is 29.1. The monoisotopic (exact) mass is 664 g/mol. The Morgan fingerprint density at radius 3 is 0.595 bits per heavy atom. The largest absolute Gasteiger partial charge is 2.00 e. The maximum atomic E-state index is 6.75. The van der Waals surface area contributed by atoms with Crippen LogP contribution in [0, 0.1) is 27.7 Å². The molecule has 18 heteroatoms. The standard InChI is InChI=1S/2C12H12N2.4N3.2Zn/c2*1-9-3-5-11(13-7-9)12-6-4-10(2)8-14-12;4*1-3-2;;/h2*3-8H,1-2H3;;;;;;/q;;4*-1;2*+2. The van der Waals surface area contributed by atoms with Gasteiger partial charge < -0.3 is 44.2 Å². The van der Waals surface area contributed by atoms with Crippen LogP contribution in [0.25, 0.3) is 86.7 Å². The van der Waals surface area contributed by atoms with Gasteiger partial charge in [0.25, 0.3) is 0 Å². The number of hydrogen-bond donors (Lipinski definition) is 0. The number of rotatable bonds is 2. The van der Waals surface area contributed by atoms with Gasteiger partial charge in [0.05, 0.1) is 22.8 Å². The van der Waals surface area contributed by atoms with E-state index in [-0.39, 0.29) is 39.0 Å². The molecular formula is C24H24N16Zn2. The van der Waals surface area contributed by atoms with Gasteiger partial charge in [0.1, 0.15) is 0 Å². The topological polar surface area (TPSA) is 286 Å². The van der Waals surface area contributed by atoms with Gasteiger partial charge in [-0.25, -0.2) is 0 Å². The zero-order chi connectivity index (χ0) is 30.8. The van der Waals surface area contributed by atoms with Gasteiger partial charge in [0.2, 0.25) is 0 Å². The zero-order valence-corrected chi connectivity index (χ0v) is 29.4. The summed E-state index contributed by atoms with van der Waals surface area (Å²) in [6.45, 7) is 8.11. The molecule has 4 heterocycles. The molecule has 0 aliphatic heterocycles. The third-order valence-corrected chi connectivity index (χ3v) is 4.17. The summed E-state index contributed by atoms with van der Waals surface area (Å²) in [5.74, 6) is 0. The maximum absolute atomic E-state index is 6.75. The molecule has 42 heavy (non-hydrogen) atoms. The van der Waals surface area contributed by atoms with Crippen LogP contribution in [0.1, 0.15) is 22.3 Å². The van der Waals surface area contributed by atoms with Crippen molar-refractivity contribution < 1.29 is 39.0 Å². The summed E-state index contributed by atoms with van der Waals surface area (Å²) in [7, 11) is 0. The SMILES string of the molecule is Cc1ccc(-c2ccc(C)cn2)nc1.Cc1ccc(-c2ccc(C)cn2)nc1.[N-]=[N+]=[N-].[N-]=[N+]=[N-].[N-]=[N+]=[N-].[N-]=[N+]=[N-].[Zn+2].[Zn+2]. The molecule has 16 nitrogen and oxygen atoms in total. The molecule has 4 rings (SSSR count).